The van der Waals surface area contributed by atoms with Crippen LogP contribution in [0.5, 0.6) is 0 Å². The molecule has 0 radical (unpaired) electrons. The van der Waals surface area contributed by atoms with E-state index in [2.05, 4.69) is 31.1 Å². The molecule has 2 heterocycles. The summed E-state index contributed by atoms with van der Waals surface area (Å²) >= 11 is 3.26. The van der Waals surface area contributed by atoms with E-state index in [9.17, 15) is 8.78 Å². The van der Waals surface area contributed by atoms with Crippen LogP contribution in [-0.2, 0) is 0 Å². The van der Waals surface area contributed by atoms with Crippen molar-refractivity contribution in [2.75, 3.05) is 0 Å². The van der Waals surface area contributed by atoms with Crippen LogP contribution < -0.4 is 0 Å². The maximum atomic E-state index is 13.8. The quantitative estimate of drug-likeness (QED) is 0.674. The number of benzene rings is 1. The molecule has 0 aliphatic heterocycles. The van der Waals surface area contributed by atoms with Crippen LogP contribution in [0.2, 0.25) is 0 Å². The van der Waals surface area contributed by atoms with E-state index in [0.29, 0.717) is 16.1 Å². The molecule has 1 aromatic carbocycles. The molecule has 100 valence electrons. The Morgan fingerprint density at radius 1 is 1.10 bits per heavy atom. The molecule has 0 unspecified atom stereocenters. The molecule has 0 atom stereocenters. The second-order valence-electron chi connectivity index (χ2n) is 3.97. The fourth-order valence-electron chi connectivity index (χ4n) is 1.80. The van der Waals surface area contributed by atoms with Crippen molar-refractivity contribution in [3.63, 3.8) is 0 Å². The van der Waals surface area contributed by atoms with Crippen molar-refractivity contribution in [3.8, 4) is 17.2 Å². The highest BCUT2D eigenvalue weighted by molar-refractivity contribution is 9.10. The minimum Gasteiger partial charge on any atom is -0.277 e. The fraction of sp³-hybridized carbons (Fsp3) is 0. The number of hydrogen-bond donors (Lipinski definition) is 0. The van der Waals surface area contributed by atoms with Gasteiger partial charge in [0.25, 0.3) is 0 Å². The molecule has 0 amide bonds. The Labute approximate surface area is 121 Å². The topological polar surface area (TPSA) is 43.6 Å². The van der Waals surface area contributed by atoms with Crippen LogP contribution in [0.4, 0.5) is 8.78 Å². The molecule has 3 aromatic rings. The van der Waals surface area contributed by atoms with Crippen molar-refractivity contribution in [3.05, 3.63) is 59.0 Å². The van der Waals surface area contributed by atoms with Gasteiger partial charge in [0, 0.05) is 6.07 Å². The van der Waals surface area contributed by atoms with Crippen LogP contribution in [0.15, 0.2) is 47.3 Å². The number of halogens is 3. The summed E-state index contributed by atoms with van der Waals surface area (Å²) in [6.45, 7) is 0. The van der Waals surface area contributed by atoms with Crippen molar-refractivity contribution < 1.29 is 8.78 Å². The van der Waals surface area contributed by atoms with Crippen molar-refractivity contribution in [1.29, 1.82) is 0 Å². The van der Waals surface area contributed by atoms with Gasteiger partial charge < -0.3 is 0 Å². The lowest BCUT2D eigenvalue weighted by atomic mass is 10.2. The summed E-state index contributed by atoms with van der Waals surface area (Å²) in [5.41, 5.74) is 0.689. The van der Waals surface area contributed by atoms with Crippen molar-refractivity contribution in [1.82, 2.24) is 19.7 Å². The van der Waals surface area contributed by atoms with Crippen LogP contribution in [0.25, 0.3) is 17.2 Å². The summed E-state index contributed by atoms with van der Waals surface area (Å²) in [5.74, 6) is -0.959. The maximum Gasteiger partial charge on any atom is 0.187 e. The fourth-order valence-corrected chi connectivity index (χ4v) is 2.14. The molecule has 7 heteroatoms. The standard InChI is InChI=1S/C13H7BrF2N4/c14-12-3-1-2-10(18-12)13-19-17-7-20(13)11-5-4-8(15)6-9(11)16/h1-7H. The highest BCUT2D eigenvalue weighted by Gasteiger charge is 2.14. The summed E-state index contributed by atoms with van der Waals surface area (Å²) in [5, 5.41) is 7.70. The summed E-state index contributed by atoms with van der Waals surface area (Å²) in [6.07, 6.45) is 1.36. The van der Waals surface area contributed by atoms with E-state index in [1.807, 2.05) is 0 Å². The van der Waals surface area contributed by atoms with Gasteiger partial charge in [0.1, 0.15) is 28.3 Å². The van der Waals surface area contributed by atoms with Gasteiger partial charge in [0.05, 0.1) is 5.69 Å². The van der Waals surface area contributed by atoms with E-state index in [1.165, 1.54) is 23.0 Å². The Hall–Kier alpha value is -2.15. The largest absolute Gasteiger partial charge is 0.277 e. The maximum absolute atomic E-state index is 13.8. The molecule has 4 nitrogen and oxygen atoms in total. The van der Waals surface area contributed by atoms with Crippen LogP contribution in [0, 0.1) is 11.6 Å². The normalized spacial score (nSPS) is 10.8. The molecular formula is C13H7BrF2N4. The Morgan fingerprint density at radius 2 is 1.95 bits per heavy atom. The number of hydrogen-bond acceptors (Lipinski definition) is 3. The summed E-state index contributed by atoms with van der Waals surface area (Å²) < 4.78 is 28.9. The number of pyridine rings is 1. The second-order valence-corrected chi connectivity index (χ2v) is 4.78. The molecule has 0 aliphatic carbocycles. The number of aromatic nitrogens is 4. The highest BCUT2D eigenvalue weighted by Crippen LogP contribution is 2.22. The second kappa shape index (κ2) is 5.09. The molecule has 2 aromatic heterocycles. The minimum atomic E-state index is -0.693. The highest BCUT2D eigenvalue weighted by atomic mass is 79.9. The van der Waals surface area contributed by atoms with E-state index < -0.39 is 11.6 Å². The lowest BCUT2D eigenvalue weighted by Crippen LogP contribution is -2.01. The molecule has 0 fully saturated rings. The molecule has 0 spiro atoms. The Bertz CT molecular complexity index is 773. The van der Waals surface area contributed by atoms with Crippen LogP contribution >= 0.6 is 15.9 Å². The van der Waals surface area contributed by atoms with Gasteiger partial charge in [-0.2, -0.15) is 0 Å². The molecule has 0 bridgehead atoms. The summed E-state index contributed by atoms with van der Waals surface area (Å²) in [6, 6.07) is 8.60. The van der Waals surface area contributed by atoms with Gasteiger partial charge in [-0.1, -0.05) is 6.07 Å². The van der Waals surface area contributed by atoms with Crippen molar-refractivity contribution >= 4 is 15.9 Å². The first-order chi connectivity index (χ1) is 9.65. The van der Waals surface area contributed by atoms with Crippen LogP contribution in [-0.4, -0.2) is 19.7 Å². The lowest BCUT2D eigenvalue weighted by molar-refractivity contribution is 0.578. The third-order valence-corrected chi connectivity index (χ3v) is 3.10. The molecule has 3 rings (SSSR count). The van der Waals surface area contributed by atoms with Crippen molar-refractivity contribution in [2.45, 2.75) is 0 Å². The first kappa shape index (κ1) is 12.9. The average Bonchev–Trinajstić information content (AvgIpc) is 2.87. The monoisotopic (exact) mass is 336 g/mol. The van der Waals surface area contributed by atoms with Gasteiger partial charge in [-0.3, -0.25) is 4.57 Å². The summed E-state index contributed by atoms with van der Waals surface area (Å²) in [4.78, 5) is 4.25. The molecule has 0 saturated heterocycles. The van der Waals surface area contributed by atoms with Crippen LogP contribution in [0.1, 0.15) is 0 Å². The van der Waals surface area contributed by atoms with E-state index in [4.69, 9.17) is 0 Å². The lowest BCUT2D eigenvalue weighted by Gasteiger charge is -2.07. The van der Waals surface area contributed by atoms with E-state index in [0.717, 1.165) is 6.07 Å². The zero-order valence-electron chi connectivity index (χ0n) is 9.96. The third kappa shape index (κ3) is 2.32. The minimum absolute atomic E-state index is 0.160. The Kier molecular flexibility index (Phi) is 3.27. The van der Waals surface area contributed by atoms with Crippen molar-refractivity contribution in [2.24, 2.45) is 0 Å². The van der Waals surface area contributed by atoms with Gasteiger partial charge in [-0.15, -0.1) is 10.2 Å². The predicted molar refractivity (Wildman–Crippen MR) is 72.2 cm³/mol. The first-order valence-corrected chi connectivity index (χ1v) is 6.43. The van der Waals surface area contributed by atoms with Gasteiger partial charge >= 0.3 is 0 Å². The first-order valence-electron chi connectivity index (χ1n) is 5.63. The zero-order valence-corrected chi connectivity index (χ0v) is 11.6. The molecule has 0 N–H and O–H groups in total. The van der Waals surface area contributed by atoms with Gasteiger partial charge in [0.2, 0.25) is 0 Å². The zero-order chi connectivity index (χ0) is 14.1. The SMILES string of the molecule is Fc1ccc(-n2cnnc2-c2cccc(Br)n2)c(F)c1. The molecule has 0 aliphatic rings. The number of rotatable bonds is 2. The number of nitrogens with zero attached hydrogens (tertiary/aromatic N) is 4. The summed E-state index contributed by atoms with van der Waals surface area (Å²) in [7, 11) is 0. The van der Waals surface area contributed by atoms with Gasteiger partial charge in [-0.05, 0) is 40.2 Å². The smallest absolute Gasteiger partial charge is 0.187 e. The Morgan fingerprint density at radius 3 is 2.70 bits per heavy atom. The average molecular weight is 337 g/mol. The van der Waals surface area contributed by atoms with E-state index in [1.54, 1.807) is 18.2 Å². The predicted octanol–water partition coefficient (Wildman–Crippen LogP) is 3.37. The molecule has 20 heavy (non-hydrogen) atoms. The molecule has 0 saturated carbocycles. The van der Waals surface area contributed by atoms with E-state index >= 15 is 0 Å². The van der Waals surface area contributed by atoms with Gasteiger partial charge in [-0.25, -0.2) is 13.8 Å². The Balaban J connectivity index is 2.15. The van der Waals surface area contributed by atoms with E-state index in [-0.39, 0.29) is 5.69 Å². The third-order valence-electron chi connectivity index (χ3n) is 2.66. The molecular weight excluding hydrogens is 330 g/mol. The van der Waals surface area contributed by atoms with Crippen LogP contribution in [0.3, 0.4) is 0 Å². The van der Waals surface area contributed by atoms with Gasteiger partial charge in [0.15, 0.2) is 5.82 Å².